The lowest BCUT2D eigenvalue weighted by molar-refractivity contribution is 0.179. The number of nitrogens with one attached hydrogen (secondary N) is 1. The van der Waals surface area contributed by atoms with Crippen molar-refractivity contribution < 1.29 is 0 Å². The first kappa shape index (κ1) is 13.0. The Morgan fingerprint density at radius 2 is 1.79 bits per heavy atom. The summed E-state index contributed by atoms with van der Waals surface area (Å²) >= 11 is 11.0. The molecule has 1 aliphatic heterocycles. The summed E-state index contributed by atoms with van der Waals surface area (Å²) in [6.45, 7) is 3.09. The van der Waals surface area contributed by atoms with Crippen LogP contribution >= 0.6 is 24.4 Å². The van der Waals surface area contributed by atoms with Crippen LogP contribution in [0.5, 0.6) is 0 Å². The standard InChI is InChI=1S/C14H17N3S2/c18-13-11-6-2-3-7-12(11)15-14(19)17(13)10-16-8-4-1-5-9-16/h2-3,6-7H,1,4-5,8-10H2,(H,15,19). The van der Waals surface area contributed by atoms with Crippen LogP contribution < -0.4 is 0 Å². The topological polar surface area (TPSA) is 24.0 Å². The van der Waals surface area contributed by atoms with Crippen molar-refractivity contribution in [1.29, 1.82) is 0 Å². The summed E-state index contributed by atoms with van der Waals surface area (Å²) in [6, 6.07) is 8.08. The van der Waals surface area contributed by atoms with Crippen LogP contribution in [0.25, 0.3) is 10.9 Å². The molecule has 0 radical (unpaired) electrons. The fraction of sp³-hybridized carbons (Fsp3) is 0.429. The molecule has 1 saturated heterocycles. The summed E-state index contributed by atoms with van der Waals surface area (Å²) in [4.78, 5) is 5.70. The third-order valence-electron chi connectivity index (χ3n) is 3.68. The number of nitrogens with zero attached hydrogens (tertiary/aromatic N) is 2. The first-order chi connectivity index (χ1) is 9.25. The van der Waals surface area contributed by atoms with Crippen molar-refractivity contribution >= 4 is 35.3 Å². The van der Waals surface area contributed by atoms with Crippen LogP contribution in [0.4, 0.5) is 0 Å². The first-order valence-corrected chi connectivity index (χ1v) is 7.51. The second kappa shape index (κ2) is 5.53. The molecule has 1 aromatic carbocycles. The number of rotatable bonds is 2. The van der Waals surface area contributed by atoms with Crippen molar-refractivity contribution in [2.24, 2.45) is 0 Å². The molecule has 1 N–H and O–H groups in total. The molecule has 5 heteroatoms. The zero-order chi connectivity index (χ0) is 13.2. The van der Waals surface area contributed by atoms with Crippen molar-refractivity contribution in [1.82, 2.24) is 14.5 Å². The van der Waals surface area contributed by atoms with Gasteiger partial charge in [-0.15, -0.1) is 0 Å². The zero-order valence-corrected chi connectivity index (χ0v) is 12.4. The smallest absolute Gasteiger partial charge is 0.179 e. The molecule has 1 aromatic heterocycles. The number of likely N-dealkylation sites (tertiary alicyclic amines) is 1. The van der Waals surface area contributed by atoms with Gasteiger partial charge in [0.25, 0.3) is 0 Å². The molecule has 2 aromatic rings. The number of aromatic nitrogens is 2. The van der Waals surface area contributed by atoms with Crippen molar-refractivity contribution in [2.75, 3.05) is 13.1 Å². The summed E-state index contributed by atoms with van der Waals surface area (Å²) in [5.74, 6) is 0. The lowest BCUT2D eigenvalue weighted by Crippen LogP contribution is -2.32. The number of hydrogen-bond donors (Lipinski definition) is 1. The van der Waals surface area contributed by atoms with Crippen LogP contribution in [0.2, 0.25) is 0 Å². The van der Waals surface area contributed by atoms with Gasteiger partial charge in [0.05, 0.1) is 12.2 Å². The second-order valence-electron chi connectivity index (χ2n) is 5.03. The lowest BCUT2D eigenvalue weighted by atomic mass is 10.1. The fourth-order valence-electron chi connectivity index (χ4n) is 2.63. The minimum Gasteiger partial charge on any atom is -0.332 e. The van der Waals surface area contributed by atoms with Crippen molar-refractivity contribution in [3.05, 3.63) is 33.7 Å². The highest BCUT2D eigenvalue weighted by atomic mass is 32.1. The van der Waals surface area contributed by atoms with Gasteiger partial charge in [-0.2, -0.15) is 0 Å². The molecule has 0 bridgehead atoms. The van der Waals surface area contributed by atoms with Crippen LogP contribution in [-0.4, -0.2) is 27.5 Å². The highest BCUT2D eigenvalue weighted by molar-refractivity contribution is 7.72. The number of aromatic amines is 1. The number of piperidine rings is 1. The van der Waals surface area contributed by atoms with Gasteiger partial charge in [-0.3, -0.25) is 9.47 Å². The molecule has 0 atom stereocenters. The molecule has 0 amide bonds. The molecular formula is C14H17N3S2. The van der Waals surface area contributed by atoms with Crippen molar-refractivity contribution in [3.63, 3.8) is 0 Å². The van der Waals surface area contributed by atoms with Crippen LogP contribution in [0.3, 0.4) is 0 Å². The molecule has 1 fully saturated rings. The maximum absolute atomic E-state index is 5.60. The Hall–Kier alpha value is -1.04. The largest absolute Gasteiger partial charge is 0.332 e. The van der Waals surface area contributed by atoms with Gasteiger partial charge < -0.3 is 4.98 Å². The SMILES string of the molecule is S=c1[nH]c2ccccc2c(=S)n1CN1CCCCC1. The molecule has 1 aliphatic rings. The number of benzene rings is 1. The van der Waals surface area contributed by atoms with Crippen molar-refractivity contribution in [2.45, 2.75) is 25.9 Å². The van der Waals surface area contributed by atoms with Gasteiger partial charge in [0.15, 0.2) is 4.77 Å². The van der Waals surface area contributed by atoms with Crippen LogP contribution in [0.1, 0.15) is 19.3 Å². The minimum atomic E-state index is 0.717. The average Bonchev–Trinajstić information content (AvgIpc) is 2.45. The number of fused-ring (bicyclic) bond motifs is 1. The molecule has 3 rings (SSSR count). The van der Waals surface area contributed by atoms with E-state index < -0.39 is 0 Å². The Labute approximate surface area is 122 Å². The van der Waals surface area contributed by atoms with Crippen LogP contribution in [0.15, 0.2) is 24.3 Å². The number of para-hydroxylation sites is 1. The maximum Gasteiger partial charge on any atom is 0.179 e. The monoisotopic (exact) mass is 291 g/mol. The Balaban J connectivity index is 2.03. The van der Waals surface area contributed by atoms with E-state index in [4.69, 9.17) is 24.4 Å². The predicted octanol–water partition coefficient (Wildman–Crippen LogP) is 3.87. The van der Waals surface area contributed by atoms with Gasteiger partial charge in [-0.1, -0.05) is 30.8 Å². The van der Waals surface area contributed by atoms with E-state index >= 15 is 0 Å². The molecule has 3 nitrogen and oxygen atoms in total. The van der Waals surface area contributed by atoms with Gasteiger partial charge >= 0.3 is 0 Å². The number of hydrogen-bond acceptors (Lipinski definition) is 3. The molecule has 2 heterocycles. The van der Waals surface area contributed by atoms with Gasteiger partial charge in [0.2, 0.25) is 0 Å². The molecule has 0 spiro atoms. The third-order valence-corrected chi connectivity index (χ3v) is 4.44. The molecular weight excluding hydrogens is 274 g/mol. The van der Waals surface area contributed by atoms with E-state index in [2.05, 4.69) is 16.0 Å². The van der Waals surface area contributed by atoms with E-state index in [1.807, 2.05) is 22.8 Å². The van der Waals surface area contributed by atoms with E-state index in [9.17, 15) is 0 Å². The number of H-pyrrole nitrogens is 1. The normalized spacial score (nSPS) is 16.8. The Morgan fingerprint density at radius 1 is 1.05 bits per heavy atom. The molecule has 19 heavy (non-hydrogen) atoms. The zero-order valence-electron chi connectivity index (χ0n) is 10.8. The Morgan fingerprint density at radius 3 is 2.58 bits per heavy atom. The van der Waals surface area contributed by atoms with Crippen molar-refractivity contribution in [3.8, 4) is 0 Å². The highest BCUT2D eigenvalue weighted by Crippen LogP contribution is 2.15. The molecule has 0 saturated carbocycles. The van der Waals surface area contributed by atoms with Gasteiger partial charge in [0.1, 0.15) is 4.64 Å². The van der Waals surface area contributed by atoms with Crippen LogP contribution in [-0.2, 0) is 6.67 Å². The first-order valence-electron chi connectivity index (χ1n) is 6.70. The van der Waals surface area contributed by atoms with E-state index in [1.165, 1.54) is 19.3 Å². The van der Waals surface area contributed by atoms with Gasteiger partial charge in [-0.05, 0) is 50.3 Å². The second-order valence-corrected chi connectivity index (χ2v) is 5.80. The van der Waals surface area contributed by atoms with E-state index in [0.717, 1.165) is 35.3 Å². The maximum atomic E-state index is 5.60. The van der Waals surface area contributed by atoms with Gasteiger partial charge in [0, 0.05) is 5.39 Å². The highest BCUT2D eigenvalue weighted by Gasteiger charge is 2.11. The van der Waals surface area contributed by atoms with E-state index in [0.29, 0.717) is 4.77 Å². The molecule has 100 valence electrons. The fourth-order valence-corrected chi connectivity index (χ4v) is 3.27. The third kappa shape index (κ3) is 2.63. The van der Waals surface area contributed by atoms with E-state index in [-0.39, 0.29) is 0 Å². The minimum absolute atomic E-state index is 0.717. The summed E-state index contributed by atoms with van der Waals surface area (Å²) in [7, 11) is 0. The summed E-state index contributed by atoms with van der Waals surface area (Å²) in [5, 5.41) is 1.07. The van der Waals surface area contributed by atoms with Crippen LogP contribution in [0, 0.1) is 9.41 Å². The summed E-state index contributed by atoms with van der Waals surface area (Å²) in [6.07, 6.45) is 3.89. The Bertz CT molecular complexity index is 696. The molecule has 0 aliphatic carbocycles. The Kier molecular flexibility index (Phi) is 3.77. The quantitative estimate of drug-likeness (QED) is 0.850. The van der Waals surface area contributed by atoms with E-state index in [1.54, 1.807) is 0 Å². The molecule has 0 unspecified atom stereocenters. The summed E-state index contributed by atoms with van der Waals surface area (Å²) in [5.41, 5.74) is 1.02. The van der Waals surface area contributed by atoms with Gasteiger partial charge in [-0.25, -0.2) is 0 Å². The predicted molar refractivity (Wildman–Crippen MR) is 83.4 cm³/mol. The average molecular weight is 291 g/mol. The lowest BCUT2D eigenvalue weighted by Gasteiger charge is -2.27. The summed E-state index contributed by atoms with van der Waals surface area (Å²) < 4.78 is 3.59.